The molecule has 0 aliphatic carbocycles. The van der Waals surface area contributed by atoms with Crippen molar-refractivity contribution in [3.05, 3.63) is 36.1 Å². The van der Waals surface area contributed by atoms with E-state index in [1.54, 1.807) is 6.26 Å². The fourth-order valence-electron chi connectivity index (χ4n) is 4.08. The van der Waals surface area contributed by atoms with Crippen LogP contribution in [0.4, 0.5) is 0 Å². The highest BCUT2D eigenvalue weighted by Gasteiger charge is 2.51. The number of furan rings is 1. The first-order valence-corrected chi connectivity index (χ1v) is 8.28. The van der Waals surface area contributed by atoms with Crippen molar-refractivity contribution in [2.75, 3.05) is 13.1 Å². The number of carbonyl (C=O) groups excluding carboxylic acids is 1. The monoisotopic (exact) mass is 328 g/mol. The molecule has 2 fully saturated rings. The van der Waals surface area contributed by atoms with Crippen LogP contribution in [0.25, 0.3) is 11.0 Å². The number of nitrogens with zero attached hydrogens (tertiary/aromatic N) is 1. The van der Waals surface area contributed by atoms with E-state index < -0.39 is 17.4 Å². The third-order valence-corrected chi connectivity index (χ3v) is 5.41. The third kappa shape index (κ3) is 2.57. The van der Waals surface area contributed by atoms with E-state index in [4.69, 9.17) is 4.42 Å². The minimum absolute atomic E-state index is 0.104. The van der Waals surface area contributed by atoms with Crippen LogP contribution in [0, 0.1) is 5.92 Å². The molecule has 2 aliphatic rings. The minimum atomic E-state index is -0.868. The lowest BCUT2D eigenvalue weighted by atomic mass is 9.77. The van der Waals surface area contributed by atoms with Gasteiger partial charge in [-0.25, -0.2) is 0 Å². The van der Waals surface area contributed by atoms with Crippen molar-refractivity contribution in [3.8, 4) is 0 Å². The molecule has 1 aromatic heterocycles. The zero-order chi connectivity index (χ0) is 16.7. The summed E-state index contributed by atoms with van der Waals surface area (Å²) in [6.45, 7) is 2.39. The number of fused-ring (bicyclic) bond motifs is 1. The lowest BCUT2D eigenvalue weighted by Crippen LogP contribution is -2.55. The topological polar surface area (TPSA) is 82.8 Å². The molecule has 4 rings (SSSR count). The van der Waals surface area contributed by atoms with Gasteiger partial charge in [0.1, 0.15) is 5.58 Å². The number of piperidine rings is 1. The first-order valence-electron chi connectivity index (χ1n) is 8.28. The number of carbonyl (C=O) groups is 2. The van der Waals surface area contributed by atoms with Crippen molar-refractivity contribution in [2.45, 2.75) is 31.3 Å². The Morgan fingerprint density at radius 3 is 2.88 bits per heavy atom. The Balaban J connectivity index is 1.44. The second kappa shape index (κ2) is 5.63. The molecule has 0 unspecified atom stereocenters. The van der Waals surface area contributed by atoms with Crippen molar-refractivity contribution >= 4 is 22.8 Å². The Hall–Kier alpha value is -2.34. The van der Waals surface area contributed by atoms with Gasteiger partial charge in [-0.2, -0.15) is 0 Å². The van der Waals surface area contributed by atoms with Crippen molar-refractivity contribution in [2.24, 2.45) is 5.92 Å². The van der Waals surface area contributed by atoms with Gasteiger partial charge < -0.3 is 14.8 Å². The molecule has 2 aliphatic heterocycles. The molecule has 0 radical (unpaired) electrons. The van der Waals surface area contributed by atoms with Crippen LogP contribution in [0.15, 0.2) is 34.9 Å². The fraction of sp³-hybridized carbons (Fsp3) is 0.444. The van der Waals surface area contributed by atoms with Gasteiger partial charge in [0, 0.05) is 31.4 Å². The number of benzene rings is 1. The molecule has 3 heterocycles. The molecule has 2 aromatic rings. The summed E-state index contributed by atoms with van der Waals surface area (Å²) in [5.41, 5.74) is 1.54. The molecular formula is C18H20N2O4. The Morgan fingerprint density at radius 1 is 1.33 bits per heavy atom. The molecule has 1 amide bonds. The number of aliphatic carboxylic acids is 1. The lowest BCUT2D eigenvalue weighted by Gasteiger charge is -2.41. The highest BCUT2D eigenvalue weighted by molar-refractivity contribution is 5.88. The van der Waals surface area contributed by atoms with Gasteiger partial charge in [0.25, 0.3) is 0 Å². The molecule has 0 bridgehead atoms. The molecule has 1 aromatic carbocycles. The van der Waals surface area contributed by atoms with Crippen LogP contribution < -0.4 is 5.32 Å². The van der Waals surface area contributed by atoms with Crippen molar-refractivity contribution < 1.29 is 19.1 Å². The molecule has 2 N–H and O–H groups in total. The van der Waals surface area contributed by atoms with E-state index in [2.05, 4.69) is 22.3 Å². The van der Waals surface area contributed by atoms with Gasteiger partial charge in [0.15, 0.2) is 0 Å². The summed E-state index contributed by atoms with van der Waals surface area (Å²) >= 11 is 0. The summed E-state index contributed by atoms with van der Waals surface area (Å²) in [5, 5.41) is 13.5. The zero-order valence-corrected chi connectivity index (χ0v) is 13.3. The summed E-state index contributed by atoms with van der Waals surface area (Å²) in [5.74, 6) is -1.61. The van der Waals surface area contributed by atoms with E-state index in [1.165, 1.54) is 5.56 Å². The molecule has 2 saturated heterocycles. The van der Waals surface area contributed by atoms with Crippen molar-refractivity contribution in [3.63, 3.8) is 0 Å². The van der Waals surface area contributed by atoms with Crippen LogP contribution in [0.3, 0.4) is 0 Å². The Bertz CT molecular complexity index is 789. The van der Waals surface area contributed by atoms with Crippen LogP contribution in [0.1, 0.15) is 24.8 Å². The predicted molar refractivity (Wildman–Crippen MR) is 87.3 cm³/mol. The summed E-state index contributed by atoms with van der Waals surface area (Å²) in [6, 6.07) is 8.12. The van der Waals surface area contributed by atoms with Gasteiger partial charge in [0.05, 0.1) is 17.7 Å². The van der Waals surface area contributed by atoms with E-state index in [1.807, 2.05) is 12.1 Å². The van der Waals surface area contributed by atoms with Crippen LogP contribution in [0.5, 0.6) is 0 Å². The summed E-state index contributed by atoms with van der Waals surface area (Å²) in [6.07, 6.45) is 3.16. The van der Waals surface area contributed by atoms with Crippen LogP contribution in [-0.4, -0.2) is 40.5 Å². The SMILES string of the molecule is O=C1C[C@@H](C(=O)O)C2(CCN(Cc3ccc4occc4c3)CC2)N1. The van der Waals surface area contributed by atoms with Crippen LogP contribution in [-0.2, 0) is 16.1 Å². The van der Waals surface area contributed by atoms with E-state index in [-0.39, 0.29) is 12.3 Å². The highest BCUT2D eigenvalue weighted by atomic mass is 16.4. The summed E-state index contributed by atoms with van der Waals surface area (Å²) in [4.78, 5) is 25.5. The average Bonchev–Trinajstić information content (AvgIpc) is 3.14. The normalized spacial score (nSPS) is 23.7. The number of hydrogen-bond donors (Lipinski definition) is 2. The first-order chi connectivity index (χ1) is 11.6. The smallest absolute Gasteiger partial charge is 0.309 e. The largest absolute Gasteiger partial charge is 0.481 e. The molecule has 24 heavy (non-hydrogen) atoms. The van der Waals surface area contributed by atoms with Crippen LogP contribution >= 0.6 is 0 Å². The molecule has 6 nitrogen and oxygen atoms in total. The van der Waals surface area contributed by atoms with Gasteiger partial charge in [-0.05, 0) is 36.6 Å². The van der Waals surface area contributed by atoms with Gasteiger partial charge in [0.2, 0.25) is 5.91 Å². The quantitative estimate of drug-likeness (QED) is 0.900. The van der Waals surface area contributed by atoms with Crippen molar-refractivity contribution in [1.29, 1.82) is 0 Å². The van der Waals surface area contributed by atoms with E-state index in [0.717, 1.165) is 30.6 Å². The minimum Gasteiger partial charge on any atom is -0.481 e. The molecule has 1 atom stereocenters. The number of likely N-dealkylation sites (tertiary alicyclic amines) is 1. The number of carboxylic acids is 1. The number of hydrogen-bond acceptors (Lipinski definition) is 4. The Labute approximate surface area is 139 Å². The molecular weight excluding hydrogens is 308 g/mol. The summed E-state index contributed by atoms with van der Waals surface area (Å²) in [7, 11) is 0. The molecule has 1 spiro atoms. The number of nitrogens with one attached hydrogen (secondary N) is 1. The molecule has 0 saturated carbocycles. The van der Waals surface area contributed by atoms with Crippen molar-refractivity contribution in [1.82, 2.24) is 10.2 Å². The average molecular weight is 328 g/mol. The Kier molecular flexibility index (Phi) is 3.57. The maximum Gasteiger partial charge on any atom is 0.309 e. The maximum absolute atomic E-state index is 11.7. The second-order valence-corrected chi connectivity index (χ2v) is 6.87. The van der Waals surface area contributed by atoms with E-state index in [9.17, 15) is 14.7 Å². The van der Waals surface area contributed by atoms with Gasteiger partial charge >= 0.3 is 5.97 Å². The molecule has 126 valence electrons. The summed E-state index contributed by atoms with van der Waals surface area (Å²) < 4.78 is 5.36. The third-order valence-electron chi connectivity index (χ3n) is 5.41. The Morgan fingerprint density at radius 2 is 2.12 bits per heavy atom. The lowest BCUT2D eigenvalue weighted by molar-refractivity contribution is -0.144. The highest BCUT2D eigenvalue weighted by Crippen LogP contribution is 2.37. The molecule has 6 heteroatoms. The van der Waals surface area contributed by atoms with E-state index >= 15 is 0 Å². The standard InChI is InChI=1S/C18H20N2O4/c21-16-10-14(17(22)23)18(19-16)4-6-20(7-5-18)11-12-1-2-15-13(9-12)3-8-24-15/h1-3,8-9,14H,4-7,10-11H2,(H,19,21)(H,22,23)/t14-/m0/s1. The first kappa shape index (κ1) is 15.2. The van der Waals surface area contributed by atoms with Gasteiger partial charge in [-0.15, -0.1) is 0 Å². The fourth-order valence-corrected chi connectivity index (χ4v) is 4.08. The van der Waals surface area contributed by atoms with E-state index in [0.29, 0.717) is 12.8 Å². The maximum atomic E-state index is 11.7. The van der Waals surface area contributed by atoms with Gasteiger partial charge in [-0.1, -0.05) is 6.07 Å². The number of rotatable bonds is 3. The second-order valence-electron chi connectivity index (χ2n) is 6.87. The van der Waals surface area contributed by atoms with Gasteiger partial charge in [-0.3, -0.25) is 14.5 Å². The number of amides is 1. The zero-order valence-electron chi connectivity index (χ0n) is 13.3. The number of carboxylic acid groups (broad SMARTS) is 1. The van der Waals surface area contributed by atoms with Crippen LogP contribution in [0.2, 0.25) is 0 Å². The predicted octanol–water partition coefficient (Wildman–Crippen LogP) is 1.99.